The average molecular weight is 373 g/mol. The highest BCUT2D eigenvalue weighted by molar-refractivity contribution is 5.79. The zero-order chi connectivity index (χ0) is 19.1. The molecule has 2 aromatic rings. The van der Waals surface area contributed by atoms with E-state index in [0.717, 1.165) is 62.3 Å². The molecule has 0 atom stereocenters. The number of guanidine groups is 1. The number of nitrogens with zero attached hydrogens (tertiary/aromatic N) is 6. The Bertz CT molecular complexity index is 758. The fourth-order valence-electron chi connectivity index (χ4n) is 3.49. The third-order valence-corrected chi connectivity index (χ3v) is 4.85. The quantitative estimate of drug-likeness (QED) is 0.441. The average Bonchev–Trinajstić information content (AvgIpc) is 3.08. The molecular weight excluding hydrogens is 340 g/mol. The van der Waals surface area contributed by atoms with Crippen molar-refractivity contribution in [3.63, 3.8) is 0 Å². The summed E-state index contributed by atoms with van der Waals surface area (Å²) in [6, 6.07) is 2.11. The van der Waals surface area contributed by atoms with Crippen LogP contribution in [0.4, 0.5) is 0 Å². The normalized spacial score (nSPS) is 14.7. The molecule has 8 nitrogen and oxygen atoms in total. The molecule has 0 unspecified atom stereocenters. The van der Waals surface area contributed by atoms with Crippen molar-refractivity contribution in [3.05, 3.63) is 29.1 Å². The molecule has 0 bridgehead atoms. The van der Waals surface area contributed by atoms with Crippen molar-refractivity contribution in [1.82, 2.24) is 35.2 Å². The van der Waals surface area contributed by atoms with Crippen LogP contribution in [0.3, 0.4) is 0 Å². The Morgan fingerprint density at radius 3 is 2.85 bits per heavy atom. The van der Waals surface area contributed by atoms with Crippen LogP contribution in [0.2, 0.25) is 0 Å². The lowest BCUT2D eigenvalue weighted by molar-refractivity contribution is 0.555. The number of rotatable bonds is 7. The summed E-state index contributed by atoms with van der Waals surface area (Å²) in [6.45, 7) is 10.4. The number of nitrogens with one attached hydrogen (secondary N) is 2. The van der Waals surface area contributed by atoms with Crippen LogP contribution in [-0.2, 0) is 26.1 Å². The zero-order valence-electron chi connectivity index (χ0n) is 16.8. The third-order valence-electron chi connectivity index (χ3n) is 4.85. The van der Waals surface area contributed by atoms with Crippen molar-refractivity contribution in [1.29, 1.82) is 0 Å². The first kappa shape index (κ1) is 19.4. The number of aromatic nitrogens is 5. The van der Waals surface area contributed by atoms with Crippen molar-refractivity contribution in [2.24, 2.45) is 4.99 Å². The number of aryl methyl sites for hydroxylation is 4. The van der Waals surface area contributed by atoms with Gasteiger partial charge in [0.1, 0.15) is 12.4 Å². The van der Waals surface area contributed by atoms with Gasteiger partial charge in [-0.1, -0.05) is 6.42 Å². The van der Waals surface area contributed by atoms with Gasteiger partial charge in [-0.05, 0) is 46.1 Å². The highest BCUT2D eigenvalue weighted by Gasteiger charge is 2.14. The van der Waals surface area contributed by atoms with E-state index in [1.807, 2.05) is 6.92 Å². The van der Waals surface area contributed by atoms with Gasteiger partial charge < -0.3 is 15.2 Å². The van der Waals surface area contributed by atoms with Crippen LogP contribution in [0.15, 0.2) is 11.1 Å². The van der Waals surface area contributed by atoms with Gasteiger partial charge in [0, 0.05) is 38.3 Å². The highest BCUT2D eigenvalue weighted by atomic mass is 15.3. The van der Waals surface area contributed by atoms with Crippen LogP contribution in [0, 0.1) is 13.8 Å². The van der Waals surface area contributed by atoms with Gasteiger partial charge in [0.05, 0.1) is 5.69 Å². The van der Waals surface area contributed by atoms with Crippen LogP contribution < -0.4 is 10.6 Å². The van der Waals surface area contributed by atoms with Crippen molar-refractivity contribution in [2.75, 3.05) is 13.1 Å². The molecule has 0 saturated carbocycles. The number of aliphatic imine (C=N–C) groups is 1. The largest absolute Gasteiger partial charge is 0.357 e. The Morgan fingerprint density at radius 1 is 1.19 bits per heavy atom. The fourth-order valence-corrected chi connectivity index (χ4v) is 3.49. The first-order valence-electron chi connectivity index (χ1n) is 10.1. The lowest BCUT2D eigenvalue weighted by Crippen LogP contribution is -2.38. The van der Waals surface area contributed by atoms with Gasteiger partial charge in [-0.3, -0.25) is 4.68 Å². The Kier molecular flexibility index (Phi) is 6.84. The molecule has 3 rings (SSSR count). The molecule has 0 saturated heterocycles. The van der Waals surface area contributed by atoms with Crippen LogP contribution in [-0.4, -0.2) is 43.6 Å². The maximum absolute atomic E-state index is 4.71. The topological polar surface area (TPSA) is 85.0 Å². The number of hydrogen-bond donors (Lipinski definition) is 2. The van der Waals surface area contributed by atoms with Gasteiger partial charge in [-0.25, -0.2) is 4.99 Å². The smallest absolute Gasteiger partial charge is 0.191 e. The van der Waals surface area contributed by atoms with E-state index in [1.165, 1.54) is 25.0 Å². The summed E-state index contributed by atoms with van der Waals surface area (Å²) in [6.07, 6.45) is 5.70. The van der Waals surface area contributed by atoms with E-state index in [9.17, 15) is 0 Å². The molecule has 1 aliphatic heterocycles. The van der Waals surface area contributed by atoms with E-state index in [1.54, 1.807) is 0 Å². The fraction of sp³-hybridized carbons (Fsp3) is 0.684. The zero-order valence-corrected chi connectivity index (χ0v) is 16.8. The Hall–Kier alpha value is -2.38. The standard InChI is InChI=1S/C19H32N8/c1-4-20-19(21-10-8-12-27-16(3)13-15(2)25-27)22-14-18-24-23-17-9-6-5-7-11-26(17)18/h13H,4-12,14H2,1-3H3,(H2,20,21,22). The lowest BCUT2D eigenvalue weighted by Gasteiger charge is -2.12. The van der Waals surface area contributed by atoms with Gasteiger partial charge >= 0.3 is 0 Å². The van der Waals surface area contributed by atoms with E-state index in [4.69, 9.17) is 4.99 Å². The molecule has 148 valence electrons. The van der Waals surface area contributed by atoms with E-state index in [0.29, 0.717) is 6.54 Å². The minimum Gasteiger partial charge on any atom is -0.357 e. The first-order chi connectivity index (χ1) is 13.2. The van der Waals surface area contributed by atoms with E-state index < -0.39 is 0 Å². The van der Waals surface area contributed by atoms with Crippen molar-refractivity contribution < 1.29 is 0 Å². The lowest BCUT2D eigenvalue weighted by atomic mass is 10.2. The molecule has 0 spiro atoms. The van der Waals surface area contributed by atoms with Crippen molar-refractivity contribution in [2.45, 2.75) is 72.5 Å². The molecule has 0 radical (unpaired) electrons. The third kappa shape index (κ3) is 5.30. The van der Waals surface area contributed by atoms with Gasteiger partial charge in [0.25, 0.3) is 0 Å². The van der Waals surface area contributed by atoms with Crippen LogP contribution in [0.1, 0.15) is 55.6 Å². The molecule has 8 heteroatoms. The van der Waals surface area contributed by atoms with Crippen LogP contribution in [0.5, 0.6) is 0 Å². The minimum absolute atomic E-state index is 0.555. The molecule has 0 amide bonds. The van der Waals surface area contributed by atoms with Gasteiger partial charge in [-0.15, -0.1) is 10.2 Å². The van der Waals surface area contributed by atoms with Gasteiger partial charge in [-0.2, -0.15) is 5.10 Å². The second-order valence-electron chi connectivity index (χ2n) is 7.12. The molecule has 2 N–H and O–H groups in total. The summed E-state index contributed by atoms with van der Waals surface area (Å²) in [5.74, 6) is 2.91. The van der Waals surface area contributed by atoms with Gasteiger partial charge in [0.2, 0.25) is 0 Å². The highest BCUT2D eigenvalue weighted by Crippen LogP contribution is 2.14. The monoisotopic (exact) mass is 372 g/mol. The molecular formula is C19H32N8. The summed E-state index contributed by atoms with van der Waals surface area (Å²) in [5.41, 5.74) is 2.28. The molecule has 0 aromatic carbocycles. The minimum atomic E-state index is 0.555. The van der Waals surface area contributed by atoms with E-state index in [-0.39, 0.29) is 0 Å². The number of hydrogen-bond acceptors (Lipinski definition) is 4. The van der Waals surface area contributed by atoms with Gasteiger partial charge in [0.15, 0.2) is 11.8 Å². The molecule has 1 aliphatic rings. The molecule has 2 aromatic heterocycles. The predicted octanol–water partition coefficient (Wildman–Crippen LogP) is 1.96. The van der Waals surface area contributed by atoms with E-state index in [2.05, 4.69) is 55.1 Å². The maximum atomic E-state index is 4.71. The number of fused-ring (bicyclic) bond motifs is 1. The maximum Gasteiger partial charge on any atom is 0.191 e. The summed E-state index contributed by atoms with van der Waals surface area (Å²) in [4.78, 5) is 4.71. The summed E-state index contributed by atoms with van der Waals surface area (Å²) >= 11 is 0. The summed E-state index contributed by atoms with van der Waals surface area (Å²) in [5, 5.41) is 19.9. The Morgan fingerprint density at radius 2 is 2.07 bits per heavy atom. The van der Waals surface area contributed by atoms with Crippen LogP contribution in [0.25, 0.3) is 0 Å². The van der Waals surface area contributed by atoms with Crippen molar-refractivity contribution in [3.8, 4) is 0 Å². The summed E-state index contributed by atoms with van der Waals surface area (Å²) in [7, 11) is 0. The van der Waals surface area contributed by atoms with Crippen LogP contribution >= 0.6 is 0 Å². The van der Waals surface area contributed by atoms with E-state index >= 15 is 0 Å². The van der Waals surface area contributed by atoms with Crippen molar-refractivity contribution >= 4 is 5.96 Å². The summed E-state index contributed by atoms with van der Waals surface area (Å²) < 4.78 is 4.31. The predicted molar refractivity (Wildman–Crippen MR) is 107 cm³/mol. The first-order valence-corrected chi connectivity index (χ1v) is 10.1. The molecule has 0 fully saturated rings. The Labute approximate surface area is 161 Å². The second kappa shape index (κ2) is 9.53. The second-order valence-corrected chi connectivity index (χ2v) is 7.12. The Balaban J connectivity index is 1.52. The molecule has 0 aliphatic carbocycles. The molecule has 3 heterocycles. The SMILES string of the molecule is CCNC(=NCc1nnc2n1CCCCC2)NCCCn1nc(C)cc1C. The molecule has 27 heavy (non-hydrogen) atoms.